The molecule has 1 rings (SSSR count). The van der Waals surface area contributed by atoms with Crippen molar-refractivity contribution in [1.82, 2.24) is 15.2 Å². The predicted octanol–water partition coefficient (Wildman–Crippen LogP) is 0.378. The molecule has 0 spiro atoms. The van der Waals surface area contributed by atoms with Crippen LogP contribution in [-0.2, 0) is 4.79 Å². The van der Waals surface area contributed by atoms with Crippen molar-refractivity contribution in [2.24, 2.45) is 0 Å². The third-order valence-corrected chi connectivity index (χ3v) is 2.58. The SMILES string of the molecule is CCCN(CC(=O)O)C(=O)c1ccc(C(=O)NC)nc1. The summed E-state index contributed by atoms with van der Waals surface area (Å²) < 4.78 is 0. The summed E-state index contributed by atoms with van der Waals surface area (Å²) in [5.41, 5.74) is 0.455. The van der Waals surface area contributed by atoms with Crippen molar-refractivity contribution in [3.8, 4) is 0 Å². The molecule has 0 saturated heterocycles. The fourth-order valence-electron chi connectivity index (χ4n) is 1.65. The molecule has 0 aliphatic rings. The molecule has 0 aromatic carbocycles. The summed E-state index contributed by atoms with van der Waals surface area (Å²) in [5.74, 6) is -1.83. The lowest BCUT2D eigenvalue weighted by molar-refractivity contribution is -0.137. The van der Waals surface area contributed by atoms with Gasteiger partial charge in [-0.3, -0.25) is 19.4 Å². The number of nitrogens with zero attached hydrogens (tertiary/aromatic N) is 2. The zero-order valence-electron chi connectivity index (χ0n) is 11.4. The first-order chi connectivity index (χ1) is 9.49. The maximum Gasteiger partial charge on any atom is 0.323 e. The Balaban J connectivity index is 2.88. The number of hydrogen-bond acceptors (Lipinski definition) is 4. The fourth-order valence-corrected chi connectivity index (χ4v) is 1.65. The molecule has 7 heteroatoms. The van der Waals surface area contributed by atoms with Gasteiger partial charge in [-0.25, -0.2) is 0 Å². The van der Waals surface area contributed by atoms with Crippen molar-refractivity contribution < 1.29 is 19.5 Å². The number of carbonyl (C=O) groups excluding carboxylic acids is 2. The Kier molecular flexibility index (Phi) is 5.64. The highest BCUT2D eigenvalue weighted by Crippen LogP contribution is 2.06. The van der Waals surface area contributed by atoms with Gasteiger partial charge in [-0.1, -0.05) is 6.92 Å². The molecule has 0 aliphatic heterocycles. The molecule has 108 valence electrons. The largest absolute Gasteiger partial charge is 0.480 e. The van der Waals surface area contributed by atoms with E-state index in [4.69, 9.17) is 5.11 Å². The molecule has 0 saturated carbocycles. The molecule has 2 amide bonds. The molecule has 0 atom stereocenters. The lowest BCUT2D eigenvalue weighted by Gasteiger charge is -2.19. The quantitative estimate of drug-likeness (QED) is 0.784. The van der Waals surface area contributed by atoms with Crippen LogP contribution in [0, 0.1) is 0 Å². The first-order valence-corrected chi connectivity index (χ1v) is 6.18. The first-order valence-electron chi connectivity index (χ1n) is 6.18. The van der Waals surface area contributed by atoms with E-state index in [1.165, 1.54) is 30.3 Å². The van der Waals surface area contributed by atoms with Crippen LogP contribution in [0.25, 0.3) is 0 Å². The van der Waals surface area contributed by atoms with E-state index in [9.17, 15) is 14.4 Å². The molecule has 0 radical (unpaired) electrons. The minimum atomic E-state index is -1.07. The predicted molar refractivity (Wildman–Crippen MR) is 71.5 cm³/mol. The van der Waals surface area contributed by atoms with Crippen molar-refractivity contribution in [3.63, 3.8) is 0 Å². The van der Waals surface area contributed by atoms with E-state index >= 15 is 0 Å². The second kappa shape index (κ2) is 7.22. The minimum absolute atomic E-state index is 0.198. The van der Waals surface area contributed by atoms with Gasteiger partial charge in [-0.15, -0.1) is 0 Å². The number of pyridine rings is 1. The maximum absolute atomic E-state index is 12.1. The number of aromatic nitrogens is 1. The van der Waals surface area contributed by atoms with Crippen LogP contribution in [0.15, 0.2) is 18.3 Å². The monoisotopic (exact) mass is 279 g/mol. The number of aliphatic carboxylic acids is 1. The van der Waals surface area contributed by atoms with Crippen LogP contribution in [0.4, 0.5) is 0 Å². The topological polar surface area (TPSA) is 99.6 Å². The summed E-state index contributed by atoms with van der Waals surface area (Å²) in [7, 11) is 1.49. The highest BCUT2D eigenvalue weighted by atomic mass is 16.4. The highest BCUT2D eigenvalue weighted by Gasteiger charge is 2.18. The Morgan fingerprint density at radius 2 is 2.05 bits per heavy atom. The third-order valence-electron chi connectivity index (χ3n) is 2.58. The van der Waals surface area contributed by atoms with Crippen molar-refractivity contribution in [2.45, 2.75) is 13.3 Å². The molecule has 20 heavy (non-hydrogen) atoms. The number of hydrogen-bond donors (Lipinski definition) is 2. The van der Waals surface area contributed by atoms with E-state index in [-0.39, 0.29) is 23.7 Å². The third kappa shape index (κ3) is 4.04. The molecule has 1 aromatic rings. The normalized spacial score (nSPS) is 9.90. The second-order valence-electron chi connectivity index (χ2n) is 4.13. The molecule has 1 aromatic heterocycles. The van der Waals surface area contributed by atoms with Gasteiger partial charge in [-0.2, -0.15) is 0 Å². The summed E-state index contributed by atoms with van der Waals surface area (Å²) in [6.45, 7) is 1.85. The van der Waals surface area contributed by atoms with Gasteiger partial charge >= 0.3 is 5.97 Å². The minimum Gasteiger partial charge on any atom is -0.480 e. The molecule has 1 heterocycles. The fraction of sp³-hybridized carbons (Fsp3) is 0.385. The summed E-state index contributed by atoms with van der Waals surface area (Å²) in [4.78, 5) is 39.3. The van der Waals surface area contributed by atoms with Gasteiger partial charge < -0.3 is 15.3 Å². The smallest absolute Gasteiger partial charge is 0.323 e. The van der Waals surface area contributed by atoms with Gasteiger partial charge in [0.1, 0.15) is 12.2 Å². The molecule has 2 N–H and O–H groups in total. The molecular weight excluding hydrogens is 262 g/mol. The molecular formula is C13H17N3O4. The molecule has 0 fully saturated rings. The Morgan fingerprint density at radius 3 is 2.50 bits per heavy atom. The van der Waals surface area contributed by atoms with E-state index < -0.39 is 11.9 Å². The molecule has 0 unspecified atom stereocenters. The van der Waals surface area contributed by atoms with Crippen LogP contribution in [0.5, 0.6) is 0 Å². The van der Waals surface area contributed by atoms with Crippen LogP contribution in [0.3, 0.4) is 0 Å². The summed E-state index contributed by atoms with van der Waals surface area (Å²) in [6, 6.07) is 2.89. The zero-order chi connectivity index (χ0) is 15.1. The first kappa shape index (κ1) is 15.6. The van der Waals surface area contributed by atoms with Gasteiger partial charge in [0.15, 0.2) is 0 Å². The van der Waals surface area contributed by atoms with Crippen LogP contribution in [0.1, 0.15) is 34.2 Å². The van der Waals surface area contributed by atoms with Gasteiger partial charge in [0.25, 0.3) is 11.8 Å². The second-order valence-corrected chi connectivity index (χ2v) is 4.13. The van der Waals surface area contributed by atoms with Crippen molar-refractivity contribution >= 4 is 17.8 Å². The van der Waals surface area contributed by atoms with Crippen LogP contribution < -0.4 is 5.32 Å². The zero-order valence-corrected chi connectivity index (χ0v) is 11.4. The van der Waals surface area contributed by atoms with Gasteiger partial charge in [0, 0.05) is 19.8 Å². The standard InChI is InChI=1S/C13H17N3O4/c1-3-6-16(8-11(17)18)13(20)9-4-5-10(15-7-9)12(19)14-2/h4-5,7H,3,6,8H2,1-2H3,(H,14,19)(H,17,18). The average molecular weight is 279 g/mol. The van der Waals surface area contributed by atoms with E-state index in [1.54, 1.807) is 0 Å². The van der Waals surface area contributed by atoms with Gasteiger partial charge in [-0.05, 0) is 18.6 Å². The van der Waals surface area contributed by atoms with E-state index in [1.807, 2.05) is 6.92 Å². The molecule has 0 aliphatic carbocycles. The Bertz CT molecular complexity index is 499. The molecule has 0 bridgehead atoms. The number of carboxylic acid groups (broad SMARTS) is 1. The average Bonchev–Trinajstić information content (AvgIpc) is 2.45. The Morgan fingerprint density at radius 1 is 1.35 bits per heavy atom. The van der Waals surface area contributed by atoms with Crippen LogP contribution in [-0.4, -0.2) is 52.9 Å². The van der Waals surface area contributed by atoms with Gasteiger partial charge in [0.05, 0.1) is 5.56 Å². The Labute approximate surface area is 116 Å². The van der Waals surface area contributed by atoms with E-state index in [0.29, 0.717) is 13.0 Å². The summed E-state index contributed by atoms with van der Waals surface area (Å²) >= 11 is 0. The van der Waals surface area contributed by atoms with Crippen molar-refractivity contribution in [3.05, 3.63) is 29.6 Å². The lowest BCUT2D eigenvalue weighted by Crippen LogP contribution is -2.36. The number of rotatable bonds is 6. The molecule has 7 nitrogen and oxygen atoms in total. The maximum atomic E-state index is 12.1. The number of amides is 2. The van der Waals surface area contributed by atoms with Crippen LogP contribution in [0.2, 0.25) is 0 Å². The summed E-state index contributed by atoms with van der Waals surface area (Å²) in [6.07, 6.45) is 1.93. The number of carboxylic acids is 1. The lowest BCUT2D eigenvalue weighted by atomic mass is 10.2. The van der Waals surface area contributed by atoms with Gasteiger partial charge in [0.2, 0.25) is 0 Å². The van der Waals surface area contributed by atoms with Crippen LogP contribution >= 0.6 is 0 Å². The van der Waals surface area contributed by atoms with E-state index in [0.717, 1.165) is 0 Å². The van der Waals surface area contributed by atoms with Crippen molar-refractivity contribution in [1.29, 1.82) is 0 Å². The summed E-state index contributed by atoms with van der Waals surface area (Å²) in [5, 5.41) is 11.2. The number of carbonyl (C=O) groups is 3. The van der Waals surface area contributed by atoms with E-state index in [2.05, 4.69) is 10.3 Å². The van der Waals surface area contributed by atoms with Crippen molar-refractivity contribution in [2.75, 3.05) is 20.1 Å². The Hall–Kier alpha value is -2.44. The highest BCUT2D eigenvalue weighted by molar-refractivity contribution is 5.97. The number of nitrogens with one attached hydrogen (secondary N) is 1.